The van der Waals surface area contributed by atoms with E-state index in [9.17, 15) is 4.79 Å². The predicted molar refractivity (Wildman–Crippen MR) is 121 cm³/mol. The number of aryl methyl sites for hydroxylation is 2. The maximum atomic E-state index is 13.3. The van der Waals surface area contributed by atoms with Gasteiger partial charge in [0.15, 0.2) is 0 Å². The molecule has 3 heterocycles. The molecule has 1 fully saturated rings. The molecule has 2 aromatic carbocycles. The minimum atomic E-state index is 0.0969. The van der Waals surface area contributed by atoms with Crippen molar-refractivity contribution < 1.29 is 9.53 Å². The number of nitrogens with zero attached hydrogens (tertiary/aromatic N) is 3. The molecule has 0 bridgehead atoms. The number of ether oxygens (including phenoxy) is 1. The number of imidazole rings is 1. The van der Waals surface area contributed by atoms with E-state index >= 15 is 0 Å². The third-order valence-corrected chi connectivity index (χ3v) is 6.23. The standard InChI is InChI=1S/C26H27N3O2/c1-18-12-20(9-10-24(18)28-15-19(2)27-17-28)13-22-7-5-11-29(26(22)30)23-14-21-6-3-4-8-25(21)31-16-23/h3-4,6,8-10,12-13,15,17,23H,5,7,11,14,16H2,1-2H3/b22-13+/t23-/m0/s1. The number of aromatic nitrogens is 2. The molecule has 158 valence electrons. The lowest BCUT2D eigenvalue weighted by atomic mass is 9.95. The first-order valence-corrected chi connectivity index (χ1v) is 10.9. The van der Waals surface area contributed by atoms with Gasteiger partial charge >= 0.3 is 0 Å². The van der Waals surface area contributed by atoms with Gasteiger partial charge in [-0.2, -0.15) is 0 Å². The number of hydrogen-bond donors (Lipinski definition) is 0. The highest BCUT2D eigenvalue weighted by Crippen LogP contribution is 2.30. The third-order valence-electron chi connectivity index (χ3n) is 6.23. The Balaban J connectivity index is 1.36. The lowest BCUT2D eigenvalue weighted by molar-refractivity contribution is -0.131. The molecule has 1 amide bonds. The second-order valence-electron chi connectivity index (χ2n) is 8.52. The van der Waals surface area contributed by atoms with Gasteiger partial charge in [-0.05, 0) is 74.1 Å². The van der Waals surface area contributed by atoms with E-state index in [1.54, 1.807) is 0 Å². The lowest BCUT2D eigenvalue weighted by Gasteiger charge is -2.38. The maximum absolute atomic E-state index is 13.3. The number of hydrogen-bond acceptors (Lipinski definition) is 3. The Labute approximate surface area is 183 Å². The highest BCUT2D eigenvalue weighted by molar-refractivity contribution is 5.98. The number of carbonyl (C=O) groups excluding carboxylic acids is 1. The highest BCUT2D eigenvalue weighted by Gasteiger charge is 2.32. The Morgan fingerprint density at radius 3 is 2.84 bits per heavy atom. The van der Waals surface area contributed by atoms with Crippen molar-refractivity contribution >= 4 is 12.0 Å². The first-order valence-electron chi connectivity index (χ1n) is 10.9. The van der Waals surface area contributed by atoms with E-state index in [1.807, 2.05) is 47.1 Å². The average molecular weight is 414 g/mol. The summed E-state index contributed by atoms with van der Waals surface area (Å²) in [5.41, 5.74) is 6.39. The maximum Gasteiger partial charge on any atom is 0.250 e. The van der Waals surface area contributed by atoms with Gasteiger partial charge in [0, 0.05) is 24.0 Å². The van der Waals surface area contributed by atoms with Crippen LogP contribution in [-0.2, 0) is 11.2 Å². The average Bonchev–Trinajstić information content (AvgIpc) is 3.21. The molecule has 31 heavy (non-hydrogen) atoms. The molecule has 5 rings (SSSR count). The summed E-state index contributed by atoms with van der Waals surface area (Å²) in [5, 5.41) is 0. The van der Waals surface area contributed by atoms with Crippen LogP contribution in [0.25, 0.3) is 11.8 Å². The summed E-state index contributed by atoms with van der Waals surface area (Å²) in [6.45, 7) is 5.44. The molecule has 2 aliphatic heterocycles. The number of amides is 1. The van der Waals surface area contributed by atoms with E-state index in [0.717, 1.165) is 59.6 Å². The molecule has 0 unspecified atom stereocenters. The van der Waals surface area contributed by atoms with Gasteiger partial charge in [0.05, 0.1) is 18.1 Å². The molecule has 1 atom stereocenters. The summed E-state index contributed by atoms with van der Waals surface area (Å²) >= 11 is 0. The summed E-state index contributed by atoms with van der Waals surface area (Å²) in [6, 6.07) is 14.5. The molecule has 1 aromatic heterocycles. The molecular formula is C26H27N3O2. The fourth-order valence-electron chi connectivity index (χ4n) is 4.64. The van der Waals surface area contributed by atoms with Crippen LogP contribution in [0.3, 0.4) is 0 Å². The van der Waals surface area contributed by atoms with Gasteiger partial charge in [-0.15, -0.1) is 0 Å². The number of benzene rings is 2. The molecule has 0 radical (unpaired) electrons. The minimum Gasteiger partial charge on any atom is -0.491 e. The number of fused-ring (bicyclic) bond motifs is 1. The number of piperidine rings is 1. The van der Waals surface area contributed by atoms with Crippen LogP contribution in [0.5, 0.6) is 5.75 Å². The smallest absolute Gasteiger partial charge is 0.250 e. The van der Waals surface area contributed by atoms with Gasteiger partial charge in [-0.25, -0.2) is 4.98 Å². The molecule has 2 aliphatic rings. The topological polar surface area (TPSA) is 47.4 Å². The second kappa shape index (κ2) is 8.06. The third kappa shape index (κ3) is 3.88. The Kier molecular flexibility index (Phi) is 5.10. The van der Waals surface area contributed by atoms with Crippen molar-refractivity contribution in [3.05, 3.63) is 82.9 Å². The van der Waals surface area contributed by atoms with Crippen molar-refractivity contribution in [2.45, 2.75) is 39.2 Å². The zero-order valence-electron chi connectivity index (χ0n) is 18.0. The van der Waals surface area contributed by atoms with Crippen molar-refractivity contribution in [1.82, 2.24) is 14.5 Å². The minimum absolute atomic E-state index is 0.0969. The van der Waals surface area contributed by atoms with E-state index < -0.39 is 0 Å². The van der Waals surface area contributed by atoms with Crippen LogP contribution in [0.15, 0.2) is 60.6 Å². The number of carbonyl (C=O) groups is 1. The summed E-state index contributed by atoms with van der Waals surface area (Å²) in [4.78, 5) is 19.6. The van der Waals surface area contributed by atoms with Crippen LogP contribution in [0, 0.1) is 13.8 Å². The highest BCUT2D eigenvalue weighted by atomic mass is 16.5. The van der Waals surface area contributed by atoms with E-state index in [2.05, 4.69) is 42.2 Å². The number of rotatable bonds is 3. The molecule has 5 nitrogen and oxygen atoms in total. The fraction of sp³-hybridized carbons (Fsp3) is 0.308. The molecule has 5 heteroatoms. The summed E-state index contributed by atoms with van der Waals surface area (Å²) in [7, 11) is 0. The van der Waals surface area contributed by atoms with Crippen molar-refractivity contribution in [3.8, 4) is 11.4 Å². The monoisotopic (exact) mass is 413 g/mol. The van der Waals surface area contributed by atoms with E-state index in [0.29, 0.717) is 6.61 Å². The molecule has 0 saturated carbocycles. The predicted octanol–water partition coefficient (Wildman–Crippen LogP) is 4.50. The Bertz CT molecular complexity index is 1160. The lowest BCUT2D eigenvalue weighted by Crippen LogP contribution is -2.49. The SMILES string of the molecule is Cc1cn(-c2ccc(/C=C3\CCCN([C@@H]4COc5ccccc5C4)C3=O)cc2C)cn1. The summed E-state index contributed by atoms with van der Waals surface area (Å²) in [6.07, 6.45) is 8.58. The largest absolute Gasteiger partial charge is 0.491 e. The normalized spacial score (nSPS) is 19.9. The van der Waals surface area contributed by atoms with Gasteiger partial charge < -0.3 is 14.2 Å². The van der Waals surface area contributed by atoms with Crippen molar-refractivity contribution in [2.75, 3.05) is 13.2 Å². The first kappa shape index (κ1) is 19.6. The van der Waals surface area contributed by atoms with Crippen LogP contribution >= 0.6 is 0 Å². The van der Waals surface area contributed by atoms with Crippen LogP contribution in [0.4, 0.5) is 0 Å². The molecule has 1 saturated heterocycles. The fourth-order valence-corrected chi connectivity index (χ4v) is 4.64. The van der Waals surface area contributed by atoms with Crippen molar-refractivity contribution in [2.24, 2.45) is 0 Å². The molecule has 0 spiro atoms. The van der Waals surface area contributed by atoms with Gasteiger partial charge in [0.25, 0.3) is 0 Å². The zero-order valence-corrected chi connectivity index (χ0v) is 18.0. The summed E-state index contributed by atoms with van der Waals surface area (Å²) in [5.74, 6) is 1.09. The van der Waals surface area contributed by atoms with Crippen LogP contribution < -0.4 is 4.74 Å². The van der Waals surface area contributed by atoms with Gasteiger partial charge in [-0.1, -0.05) is 24.3 Å². The Hall–Kier alpha value is -3.34. The summed E-state index contributed by atoms with van der Waals surface area (Å²) < 4.78 is 7.98. The van der Waals surface area contributed by atoms with Gasteiger partial charge in [-0.3, -0.25) is 4.79 Å². The molecule has 3 aromatic rings. The molecular weight excluding hydrogens is 386 g/mol. The Morgan fingerprint density at radius 2 is 2.03 bits per heavy atom. The number of para-hydroxylation sites is 1. The van der Waals surface area contributed by atoms with Gasteiger partial charge in [0.1, 0.15) is 12.4 Å². The van der Waals surface area contributed by atoms with Crippen LogP contribution in [0.2, 0.25) is 0 Å². The zero-order chi connectivity index (χ0) is 21.4. The second-order valence-corrected chi connectivity index (χ2v) is 8.52. The van der Waals surface area contributed by atoms with Gasteiger partial charge in [0.2, 0.25) is 5.91 Å². The number of likely N-dealkylation sites (tertiary alicyclic amines) is 1. The van der Waals surface area contributed by atoms with Crippen molar-refractivity contribution in [1.29, 1.82) is 0 Å². The molecule has 0 N–H and O–H groups in total. The quantitative estimate of drug-likeness (QED) is 0.594. The van der Waals surface area contributed by atoms with E-state index in [4.69, 9.17) is 4.74 Å². The van der Waals surface area contributed by atoms with Crippen molar-refractivity contribution in [3.63, 3.8) is 0 Å². The van der Waals surface area contributed by atoms with E-state index in [1.165, 1.54) is 5.56 Å². The van der Waals surface area contributed by atoms with Crippen LogP contribution in [-0.4, -0.2) is 39.6 Å². The van der Waals surface area contributed by atoms with Crippen LogP contribution in [0.1, 0.15) is 35.2 Å². The Morgan fingerprint density at radius 1 is 1.16 bits per heavy atom. The molecule has 0 aliphatic carbocycles. The first-order chi connectivity index (χ1) is 15.1. The van der Waals surface area contributed by atoms with E-state index in [-0.39, 0.29) is 11.9 Å².